The topological polar surface area (TPSA) is 62.4 Å². The predicted octanol–water partition coefficient (Wildman–Crippen LogP) is 1.26. The van der Waals surface area contributed by atoms with Gasteiger partial charge in [-0.3, -0.25) is 0 Å². The lowest BCUT2D eigenvalue weighted by Gasteiger charge is -2.27. The fraction of sp³-hybridized carbons (Fsp3) is 0.545. The summed E-state index contributed by atoms with van der Waals surface area (Å²) in [6.45, 7) is 5.23. The predicted molar refractivity (Wildman–Crippen MR) is 62.8 cm³/mol. The highest BCUT2D eigenvalue weighted by molar-refractivity contribution is 5.46. The van der Waals surface area contributed by atoms with Crippen molar-refractivity contribution < 1.29 is 5.11 Å². The summed E-state index contributed by atoms with van der Waals surface area (Å²) in [5.74, 6) is 0.910. The summed E-state index contributed by atoms with van der Waals surface area (Å²) in [5, 5.41) is 8.82. The first-order chi connectivity index (χ1) is 7.15. The second kappa shape index (κ2) is 5.56. The molecule has 3 N–H and O–H groups in total. The van der Waals surface area contributed by atoms with E-state index in [1.54, 1.807) is 6.20 Å². The highest BCUT2D eigenvalue weighted by Crippen LogP contribution is 2.15. The van der Waals surface area contributed by atoms with Crippen molar-refractivity contribution >= 4 is 11.5 Å². The fourth-order valence-electron chi connectivity index (χ4n) is 1.45. The van der Waals surface area contributed by atoms with Crippen molar-refractivity contribution in [3.05, 3.63) is 18.3 Å². The molecule has 0 bridgehead atoms. The van der Waals surface area contributed by atoms with E-state index in [2.05, 4.69) is 23.7 Å². The van der Waals surface area contributed by atoms with E-state index in [1.807, 2.05) is 12.1 Å². The van der Waals surface area contributed by atoms with Crippen LogP contribution in [0.2, 0.25) is 0 Å². The van der Waals surface area contributed by atoms with E-state index in [9.17, 15) is 0 Å². The quantitative estimate of drug-likeness (QED) is 0.766. The number of aromatic nitrogens is 1. The molecule has 0 atom stereocenters. The SMILES string of the molecule is CC(C)N(CCCO)c1ccc(N)cn1. The first-order valence-corrected chi connectivity index (χ1v) is 5.24. The van der Waals surface area contributed by atoms with Gasteiger partial charge in [0.2, 0.25) is 0 Å². The van der Waals surface area contributed by atoms with Gasteiger partial charge in [0.25, 0.3) is 0 Å². The fourth-order valence-corrected chi connectivity index (χ4v) is 1.45. The summed E-state index contributed by atoms with van der Waals surface area (Å²) in [6.07, 6.45) is 2.41. The summed E-state index contributed by atoms with van der Waals surface area (Å²) in [4.78, 5) is 6.42. The van der Waals surface area contributed by atoms with E-state index in [1.165, 1.54) is 0 Å². The van der Waals surface area contributed by atoms with Gasteiger partial charge in [-0.2, -0.15) is 0 Å². The minimum Gasteiger partial charge on any atom is -0.397 e. The minimum absolute atomic E-state index is 0.207. The molecular formula is C11H19N3O. The molecule has 0 saturated heterocycles. The summed E-state index contributed by atoms with van der Waals surface area (Å²) >= 11 is 0. The van der Waals surface area contributed by atoms with Crippen molar-refractivity contribution in [2.24, 2.45) is 0 Å². The first kappa shape index (κ1) is 11.8. The molecule has 0 saturated carbocycles. The van der Waals surface area contributed by atoms with Gasteiger partial charge in [0.15, 0.2) is 0 Å². The van der Waals surface area contributed by atoms with Crippen molar-refractivity contribution in [3.8, 4) is 0 Å². The Morgan fingerprint density at radius 1 is 1.47 bits per heavy atom. The third-order valence-corrected chi connectivity index (χ3v) is 2.25. The molecule has 0 aromatic carbocycles. The summed E-state index contributed by atoms with van der Waals surface area (Å²) in [6, 6.07) is 4.12. The Labute approximate surface area is 90.7 Å². The smallest absolute Gasteiger partial charge is 0.128 e. The standard InChI is InChI=1S/C11H19N3O/c1-9(2)14(6-3-7-15)11-5-4-10(12)8-13-11/h4-5,8-9,15H,3,6-7,12H2,1-2H3. The Morgan fingerprint density at radius 2 is 2.20 bits per heavy atom. The maximum atomic E-state index is 8.82. The van der Waals surface area contributed by atoms with Crippen molar-refractivity contribution in [3.63, 3.8) is 0 Å². The van der Waals surface area contributed by atoms with Crippen molar-refractivity contribution in [1.29, 1.82) is 0 Å². The van der Waals surface area contributed by atoms with Crippen molar-refractivity contribution in [2.45, 2.75) is 26.3 Å². The number of anilines is 2. The van der Waals surface area contributed by atoms with Gasteiger partial charge in [-0.15, -0.1) is 0 Å². The van der Waals surface area contributed by atoms with Crippen LogP contribution in [0.1, 0.15) is 20.3 Å². The highest BCUT2D eigenvalue weighted by atomic mass is 16.3. The van der Waals surface area contributed by atoms with E-state index in [0.29, 0.717) is 11.7 Å². The van der Waals surface area contributed by atoms with E-state index < -0.39 is 0 Å². The van der Waals surface area contributed by atoms with E-state index in [-0.39, 0.29) is 6.61 Å². The summed E-state index contributed by atoms with van der Waals surface area (Å²) in [7, 11) is 0. The molecule has 1 aromatic rings. The highest BCUT2D eigenvalue weighted by Gasteiger charge is 2.10. The molecular weight excluding hydrogens is 190 g/mol. The van der Waals surface area contributed by atoms with Gasteiger partial charge in [-0.05, 0) is 32.4 Å². The molecule has 0 aliphatic carbocycles. The molecule has 0 aliphatic heterocycles. The molecule has 4 heteroatoms. The van der Waals surface area contributed by atoms with Crippen LogP contribution in [0.3, 0.4) is 0 Å². The lowest BCUT2D eigenvalue weighted by atomic mass is 10.2. The van der Waals surface area contributed by atoms with Gasteiger partial charge in [-0.1, -0.05) is 0 Å². The number of pyridine rings is 1. The lowest BCUT2D eigenvalue weighted by molar-refractivity contribution is 0.288. The number of nitrogens with zero attached hydrogens (tertiary/aromatic N) is 2. The molecule has 1 aromatic heterocycles. The van der Waals surface area contributed by atoms with E-state index >= 15 is 0 Å². The maximum Gasteiger partial charge on any atom is 0.128 e. The minimum atomic E-state index is 0.207. The molecule has 84 valence electrons. The molecule has 1 heterocycles. The summed E-state index contributed by atoms with van der Waals surface area (Å²) < 4.78 is 0. The zero-order valence-electron chi connectivity index (χ0n) is 9.35. The van der Waals surface area contributed by atoms with Crippen LogP contribution in [-0.4, -0.2) is 29.3 Å². The molecule has 0 amide bonds. The van der Waals surface area contributed by atoms with Crippen LogP contribution in [0.25, 0.3) is 0 Å². The zero-order chi connectivity index (χ0) is 11.3. The third kappa shape index (κ3) is 3.40. The average molecular weight is 209 g/mol. The van der Waals surface area contributed by atoms with Crippen LogP contribution in [0.5, 0.6) is 0 Å². The van der Waals surface area contributed by atoms with Crippen LogP contribution >= 0.6 is 0 Å². The van der Waals surface area contributed by atoms with Crippen LogP contribution in [0, 0.1) is 0 Å². The van der Waals surface area contributed by atoms with Gasteiger partial charge in [0, 0.05) is 19.2 Å². The Morgan fingerprint density at radius 3 is 2.67 bits per heavy atom. The summed E-state index contributed by atoms with van der Waals surface area (Å²) in [5.41, 5.74) is 6.25. The second-order valence-corrected chi connectivity index (χ2v) is 3.81. The molecule has 1 rings (SSSR count). The molecule has 0 fully saturated rings. The second-order valence-electron chi connectivity index (χ2n) is 3.81. The van der Waals surface area contributed by atoms with Gasteiger partial charge in [0.1, 0.15) is 5.82 Å². The van der Waals surface area contributed by atoms with Gasteiger partial charge in [0.05, 0.1) is 11.9 Å². The molecule has 15 heavy (non-hydrogen) atoms. The first-order valence-electron chi connectivity index (χ1n) is 5.24. The van der Waals surface area contributed by atoms with Gasteiger partial charge < -0.3 is 15.7 Å². The number of hydrogen-bond donors (Lipinski definition) is 2. The van der Waals surface area contributed by atoms with E-state index in [4.69, 9.17) is 10.8 Å². The van der Waals surface area contributed by atoms with Gasteiger partial charge in [-0.25, -0.2) is 4.98 Å². The van der Waals surface area contributed by atoms with Crippen LogP contribution in [0.15, 0.2) is 18.3 Å². The Bertz CT molecular complexity index is 284. The van der Waals surface area contributed by atoms with Crippen molar-refractivity contribution in [2.75, 3.05) is 23.8 Å². The molecule has 0 radical (unpaired) electrons. The zero-order valence-corrected chi connectivity index (χ0v) is 9.35. The number of nitrogens with two attached hydrogens (primary N) is 1. The maximum absolute atomic E-state index is 8.82. The van der Waals surface area contributed by atoms with Crippen LogP contribution in [-0.2, 0) is 0 Å². The lowest BCUT2D eigenvalue weighted by Crippen LogP contribution is -2.32. The Hall–Kier alpha value is -1.29. The molecule has 4 nitrogen and oxygen atoms in total. The Kier molecular flexibility index (Phi) is 4.37. The third-order valence-electron chi connectivity index (χ3n) is 2.25. The van der Waals surface area contributed by atoms with E-state index in [0.717, 1.165) is 18.8 Å². The van der Waals surface area contributed by atoms with Gasteiger partial charge >= 0.3 is 0 Å². The average Bonchev–Trinajstić information content (AvgIpc) is 2.21. The van der Waals surface area contributed by atoms with Crippen LogP contribution in [0.4, 0.5) is 11.5 Å². The Balaban J connectivity index is 2.74. The number of aliphatic hydroxyl groups excluding tert-OH is 1. The molecule has 0 unspecified atom stereocenters. The van der Waals surface area contributed by atoms with Crippen LogP contribution < -0.4 is 10.6 Å². The number of hydrogen-bond acceptors (Lipinski definition) is 4. The normalized spacial score (nSPS) is 10.7. The monoisotopic (exact) mass is 209 g/mol. The van der Waals surface area contributed by atoms with Crippen molar-refractivity contribution in [1.82, 2.24) is 4.98 Å². The molecule has 0 aliphatic rings. The largest absolute Gasteiger partial charge is 0.397 e. The number of rotatable bonds is 5. The number of aliphatic hydroxyl groups is 1. The molecule has 0 spiro atoms. The number of nitrogen functional groups attached to an aromatic ring is 1.